The van der Waals surface area contributed by atoms with E-state index in [0.717, 1.165) is 44.0 Å². The van der Waals surface area contributed by atoms with Crippen molar-refractivity contribution in [1.82, 2.24) is 0 Å². The van der Waals surface area contributed by atoms with Crippen LogP contribution in [0.25, 0.3) is 0 Å². The van der Waals surface area contributed by atoms with Gasteiger partial charge in [-0.1, -0.05) is 25.0 Å². The first-order valence-electron chi connectivity index (χ1n) is 8.57. The van der Waals surface area contributed by atoms with Gasteiger partial charge in [-0.05, 0) is 82.3 Å². The first-order valence-corrected chi connectivity index (χ1v) is 10.7. The summed E-state index contributed by atoms with van der Waals surface area (Å²) in [4.78, 5) is 9.45. The zero-order valence-corrected chi connectivity index (χ0v) is 18.5. The summed E-state index contributed by atoms with van der Waals surface area (Å²) in [5.74, 6) is 0.519. The predicted octanol–water partition coefficient (Wildman–Crippen LogP) is 5.16. The molecule has 1 aliphatic rings. The van der Waals surface area contributed by atoms with Crippen LogP contribution >= 0.6 is 45.2 Å². The number of aliphatic imine (C=N–C) groups is 2. The van der Waals surface area contributed by atoms with Crippen LogP contribution in [0.15, 0.2) is 46.4 Å². The number of phenolic OH excluding ortho intramolecular Hbond substituents is 2. The van der Waals surface area contributed by atoms with Gasteiger partial charge in [0.1, 0.15) is 11.5 Å². The molecular weight excluding hydrogens is 554 g/mol. The van der Waals surface area contributed by atoms with E-state index in [2.05, 4.69) is 45.2 Å². The van der Waals surface area contributed by atoms with E-state index >= 15 is 0 Å². The fourth-order valence-corrected chi connectivity index (χ4v) is 4.96. The lowest BCUT2D eigenvalue weighted by molar-refractivity contribution is 0.390. The molecule has 2 N–H and O–H groups in total. The highest BCUT2D eigenvalue weighted by Gasteiger charge is 2.23. The van der Waals surface area contributed by atoms with Gasteiger partial charge in [0.15, 0.2) is 0 Å². The second-order valence-electron chi connectivity index (χ2n) is 6.36. The van der Waals surface area contributed by atoms with Gasteiger partial charge in [0.2, 0.25) is 0 Å². The lowest BCUT2D eigenvalue weighted by Gasteiger charge is -2.25. The summed E-state index contributed by atoms with van der Waals surface area (Å²) in [6, 6.07) is 11.3. The number of phenols is 2. The minimum atomic E-state index is 0.0979. The summed E-state index contributed by atoms with van der Waals surface area (Å²) in [7, 11) is 0. The first-order chi connectivity index (χ1) is 12.5. The third kappa shape index (κ3) is 4.97. The Balaban J connectivity index is 1.78. The topological polar surface area (TPSA) is 65.2 Å². The molecule has 3 rings (SSSR count). The van der Waals surface area contributed by atoms with Crippen molar-refractivity contribution in [1.29, 1.82) is 0 Å². The molecule has 0 aliphatic heterocycles. The van der Waals surface area contributed by atoms with Crippen molar-refractivity contribution in [2.24, 2.45) is 9.98 Å². The molecule has 0 radical (unpaired) electrons. The zero-order chi connectivity index (χ0) is 18.5. The van der Waals surface area contributed by atoms with Crippen molar-refractivity contribution >= 4 is 57.6 Å². The summed E-state index contributed by atoms with van der Waals surface area (Å²) in [6.07, 6.45) is 7.78. The fourth-order valence-electron chi connectivity index (χ4n) is 3.07. The third-order valence-electron chi connectivity index (χ3n) is 4.50. The number of benzene rings is 2. The highest BCUT2D eigenvalue weighted by molar-refractivity contribution is 14.1. The van der Waals surface area contributed by atoms with Gasteiger partial charge in [-0.2, -0.15) is 0 Å². The highest BCUT2D eigenvalue weighted by Crippen LogP contribution is 2.28. The Morgan fingerprint density at radius 1 is 0.885 bits per heavy atom. The normalized spacial score (nSPS) is 20.8. The van der Waals surface area contributed by atoms with Gasteiger partial charge in [-0.25, -0.2) is 0 Å². The van der Waals surface area contributed by atoms with Crippen LogP contribution in [0.3, 0.4) is 0 Å². The molecule has 0 amide bonds. The molecule has 2 aromatic rings. The molecule has 4 nitrogen and oxygen atoms in total. The number of para-hydroxylation sites is 1. The summed E-state index contributed by atoms with van der Waals surface area (Å²) in [6.45, 7) is 0. The number of rotatable bonds is 4. The molecule has 0 aromatic heterocycles. The molecule has 0 heterocycles. The van der Waals surface area contributed by atoms with E-state index in [4.69, 9.17) is 9.98 Å². The van der Waals surface area contributed by atoms with Crippen molar-refractivity contribution < 1.29 is 10.2 Å². The molecule has 1 fully saturated rings. The first kappa shape index (κ1) is 19.6. The van der Waals surface area contributed by atoms with Crippen molar-refractivity contribution in [2.45, 2.75) is 37.8 Å². The van der Waals surface area contributed by atoms with Crippen LogP contribution in [0.4, 0.5) is 0 Å². The third-order valence-corrected chi connectivity index (χ3v) is 5.94. The Morgan fingerprint density at radius 2 is 1.50 bits per heavy atom. The molecule has 26 heavy (non-hydrogen) atoms. The van der Waals surface area contributed by atoms with E-state index < -0.39 is 0 Å². The number of hydrogen-bond donors (Lipinski definition) is 2. The van der Waals surface area contributed by atoms with Crippen molar-refractivity contribution in [2.75, 3.05) is 0 Å². The van der Waals surface area contributed by atoms with Crippen LogP contribution in [-0.2, 0) is 0 Å². The predicted molar refractivity (Wildman–Crippen MR) is 123 cm³/mol. The number of aromatic hydroxyl groups is 2. The quantitative estimate of drug-likeness (QED) is 0.392. The van der Waals surface area contributed by atoms with Crippen LogP contribution < -0.4 is 0 Å². The SMILES string of the molecule is Oc1ccccc1C=N[C@@H]1CCCC[C@H]1N=Cc1cc(I)cc(I)c1O. The number of hydrogen-bond acceptors (Lipinski definition) is 4. The van der Waals surface area contributed by atoms with E-state index in [0.29, 0.717) is 0 Å². The Hall–Kier alpha value is -1.16. The highest BCUT2D eigenvalue weighted by atomic mass is 127. The maximum absolute atomic E-state index is 10.2. The lowest BCUT2D eigenvalue weighted by Crippen LogP contribution is -2.27. The van der Waals surface area contributed by atoms with E-state index in [1.54, 1.807) is 24.6 Å². The Morgan fingerprint density at radius 3 is 2.15 bits per heavy atom. The molecule has 2 atom stereocenters. The standard InChI is InChI=1S/C20H20I2N2O2/c21-15-9-14(20(26)16(22)10-15)12-24-18-7-3-2-6-17(18)23-11-13-5-1-4-8-19(13)25/h1,4-5,8-12,17-18,25-26H,2-3,6-7H2/t17-,18-/m1/s1. The van der Waals surface area contributed by atoms with Gasteiger partial charge in [-0.15, -0.1) is 0 Å². The molecule has 0 bridgehead atoms. The van der Waals surface area contributed by atoms with Gasteiger partial charge in [0.25, 0.3) is 0 Å². The lowest BCUT2D eigenvalue weighted by atomic mass is 9.91. The van der Waals surface area contributed by atoms with E-state index in [1.807, 2.05) is 24.3 Å². The average Bonchev–Trinajstić information content (AvgIpc) is 2.63. The van der Waals surface area contributed by atoms with Crippen molar-refractivity contribution in [3.05, 3.63) is 54.7 Å². The van der Waals surface area contributed by atoms with Gasteiger partial charge < -0.3 is 10.2 Å². The van der Waals surface area contributed by atoms with Crippen molar-refractivity contribution in [3.8, 4) is 11.5 Å². The minimum absolute atomic E-state index is 0.0979. The summed E-state index contributed by atoms with van der Waals surface area (Å²) in [5.41, 5.74) is 1.47. The maximum Gasteiger partial charge on any atom is 0.137 e. The second kappa shape index (κ2) is 9.16. The van der Waals surface area contributed by atoms with E-state index in [-0.39, 0.29) is 23.6 Å². The van der Waals surface area contributed by atoms with Crippen LogP contribution in [0, 0.1) is 7.14 Å². The summed E-state index contributed by atoms with van der Waals surface area (Å²) in [5, 5.41) is 20.1. The number of halogens is 2. The Bertz CT molecular complexity index is 837. The molecule has 1 aliphatic carbocycles. The van der Waals surface area contributed by atoms with Gasteiger partial charge >= 0.3 is 0 Å². The molecule has 136 valence electrons. The minimum Gasteiger partial charge on any atom is -0.507 e. The smallest absolute Gasteiger partial charge is 0.137 e. The maximum atomic E-state index is 10.2. The Labute approximate surface area is 180 Å². The zero-order valence-electron chi connectivity index (χ0n) is 14.1. The molecule has 6 heteroatoms. The molecular formula is C20H20I2N2O2. The Kier molecular flexibility index (Phi) is 6.91. The average molecular weight is 574 g/mol. The summed E-state index contributed by atoms with van der Waals surface area (Å²) < 4.78 is 1.90. The van der Waals surface area contributed by atoms with Crippen LogP contribution in [0.1, 0.15) is 36.8 Å². The van der Waals surface area contributed by atoms with Gasteiger partial charge in [-0.3, -0.25) is 9.98 Å². The van der Waals surface area contributed by atoms with E-state index in [1.165, 1.54) is 0 Å². The van der Waals surface area contributed by atoms with Crippen LogP contribution in [-0.4, -0.2) is 34.7 Å². The second-order valence-corrected chi connectivity index (χ2v) is 8.77. The van der Waals surface area contributed by atoms with Crippen molar-refractivity contribution in [3.63, 3.8) is 0 Å². The molecule has 1 saturated carbocycles. The van der Waals surface area contributed by atoms with Crippen LogP contribution in [0.2, 0.25) is 0 Å². The monoisotopic (exact) mass is 574 g/mol. The van der Waals surface area contributed by atoms with Gasteiger partial charge in [0.05, 0.1) is 15.7 Å². The molecule has 0 unspecified atom stereocenters. The fraction of sp³-hybridized carbons (Fsp3) is 0.300. The number of nitrogens with zero attached hydrogens (tertiary/aromatic N) is 2. The summed E-state index contributed by atoms with van der Waals surface area (Å²) >= 11 is 4.38. The van der Waals surface area contributed by atoms with Gasteiger partial charge in [0, 0.05) is 27.1 Å². The molecule has 0 saturated heterocycles. The molecule has 2 aromatic carbocycles. The largest absolute Gasteiger partial charge is 0.507 e. The van der Waals surface area contributed by atoms with Crippen LogP contribution in [0.5, 0.6) is 11.5 Å². The molecule has 0 spiro atoms. The van der Waals surface area contributed by atoms with E-state index in [9.17, 15) is 10.2 Å².